The highest BCUT2D eigenvalue weighted by Gasteiger charge is 2.05. The Bertz CT molecular complexity index is 615. The molecule has 0 aliphatic heterocycles. The molecule has 0 aliphatic carbocycles. The normalized spacial score (nSPS) is 10.3. The van der Waals surface area contributed by atoms with Crippen molar-refractivity contribution >= 4 is 5.84 Å². The van der Waals surface area contributed by atoms with Crippen LogP contribution < -0.4 is 10.5 Å². The van der Waals surface area contributed by atoms with Gasteiger partial charge in [-0.3, -0.25) is 5.41 Å². The minimum absolute atomic E-state index is 0.00997. The Morgan fingerprint density at radius 1 is 1.05 bits per heavy atom. The lowest BCUT2D eigenvalue weighted by Gasteiger charge is -2.09. The van der Waals surface area contributed by atoms with Crippen LogP contribution in [0.2, 0.25) is 0 Å². The molecule has 0 atom stereocenters. The SMILES string of the molecule is Cc1cc(C)cc(Oc2cc(C(=N)N)cc(C)n2)c1. The first-order chi connectivity index (χ1) is 8.94. The Morgan fingerprint density at radius 2 is 1.68 bits per heavy atom. The zero-order valence-corrected chi connectivity index (χ0v) is 11.3. The molecule has 19 heavy (non-hydrogen) atoms. The van der Waals surface area contributed by atoms with E-state index in [1.165, 1.54) is 0 Å². The van der Waals surface area contributed by atoms with E-state index >= 15 is 0 Å². The second kappa shape index (κ2) is 5.10. The molecule has 0 unspecified atom stereocenters. The number of nitrogen functional groups attached to an aromatic ring is 1. The van der Waals surface area contributed by atoms with Crippen molar-refractivity contribution in [3.8, 4) is 11.6 Å². The third-order valence-corrected chi connectivity index (χ3v) is 2.66. The number of amidine groups is 1. The van der Waals surface area contributed by atoms with Gasteiger partial charge in [-0.2, -0.15) is 0 Å². The molecule has 1 heterocycles. The summed E-state index contributed by atoms with van der Waals surface area (Å²) < 4.78 is 5.75. The standard InChI is InChI=1S/C15H17N3O/c1-9-4-10(2)6-13(5-9)19-14-8-12(15(16)17)7-11(3)18-14/h4-8H,1-3H3,(H3,16,17). The fraction of sp³-hybridized carbons (Fsp3) is 0.200. The van der Waals surface area contributed by atoms with Gasteiger partial charge in [0.1, 0.15) is 11.6 Å². The monoisotopic (exact) mass is 255 g/mol. The first-order valence-corrected chi connectivity index (χ1v) is 6.03. The van der Waals surface area contributed by atoms with Crippen LogP contribution in [-0.2, 0) is 0 Å². The largest absolute Gasteiger partial charge is 0.439 e. The maximum Gasteiger partial charge on any atom is 0.220 e. The molecule has 0 spiro atoms. The maximum absolute atomic E-state index is 7.47. The lowest BCUT2D eigenvalue weighted by Crippen LogP contribution is -2.11. The fourth-order valence-corrected chi connectivity index (χ4v) is 1.96. The van der Waals surface area contributed by atoms with Crippen LogP contribution >= 0.6 is 0 Å². The average molecular weight is 255 g/mol. The molecule has 3 N–H and O–H groups in total. The third-order valence-electron chi connectivity index (χ3n) is 2.66. The highest BCUT2D eigenvalue weighted by atomic mass is 16.5. The molecule has 0 aliphatic rings. The Labute approximate surface area is 112 Å². The molecular weight excluding hydrogens is 238 g/mol. The van der Waals surface area contributed by atoms with Gasteiger partial charge in [0.05, 0.1) is 0 Å². The van der Waals surface area contributed by atoms with Crippen LogP contribution in [-0.4, -0.2) is 10.8 Å². The number of hydrogen-bond donors (Lipinski definition) is 2. The van der Waals surface area contributed by atoms with E-state index in [-0.39, 0.29) is 5.84 Å². The molecule has 0 saturated heterocycles. The quantitative estimate of drug-likeness (QED) is 0.654. The molecule has 1 aromatic heterocycles. The van der Waals surface area contributed by atoms with Gasteiger partial charge in [-0.1, -0.05) is 6.07 Å². The summed E-state index contributed by atoms with van der Waals surface area (Å²) in [6, 6.07) is 9.41. The van der Waals surface area contributed by atoms with Gasteiger partial charge in [-0.15, -0.1) is 0 Å². The van der Waals surface area contributed by atoms with Crippen molar-refractivity contribution in [1.82, 2.24) is 4.98 Å². The second-order valence-electron chi connectivity index (χ2n) is 4.67. The smallest absolute Gasteiger partial charge is 0.220 e. The van der Waals surface area contributed by atoms with Crippen LogP contribution in [0.3, 0.4) is 0 Å². The molecular formula is C15H17N3O. The molecule has 0 saturated carbocycles. The van der Waals surface area contributed by atoms with E-state index in [4.69, 9.17) is 15.9 Å². The van der Waals surface area contributed by atoms with Crippen LogP contribution in [0.4, 0.5) is 0 Å². The van der Waals surface area contributed by atoms with Crippen molar-refractivity contribution < 1.29 is 4.74 Å². The van der Waals surface area contributed by atoms with Gasteiger partial charge in [0.15, 0.2) is 0 Å². The molecule has 2 rings (SSSR count). The number of pyridine rings is 1. The molecule has 0 amide bonds. The minimum Gasteiger partial charge on any atom is -0.439 e. The number of benzene rings is 1. The number of aromatic nitrogens is 1. The summed E-state index contributed by atoms with van der Waals surface area (Å²) in [5.41, 5.74) is 9.15. The summed E-state index contributed by atoms with van der Waals surface area (Å²) in [6.45, 7) is 5.88. The summed E-state index contributed by atoms with van der Waals surface area (Å²) in [6.07, 6.45) is 0. The fourth-order valence-electron chi connectivity index (χ4n) is 1.96. The molecule has 98 valence electrons. The van der Waals surface area contributed by atoms with E-state index < -0.39 is 0 Å². The Kier molecular flexibility index (Phi) is 3.51. The van der Waals surface area contributed by atoms with Crippen LogP contribution in [0.1, 0.15) is 22.4 Å². The first-order valence-electron chi connectivity index (χ1n) is 6.03. The molecule has 4 heteroatoms. The zero-order valence-electron chi connectivity index (χ0n) is 11.3. The zero-order chi connectivity index (χ0) is 14.0. The number of nitrogens with zero attached hydrogens (tertiary/aromatic N) is 1. The van der Waals surface area contributed by atoms with Crippen LogP contribution in [0.25, 0.3) is 0 Å². The van der Waals surface area contributed by atoms with Crippen LogP contribution in [0.5, 0.6) is 11.6 Å². The van der Waals surface area contributed by atoms with Gasteiger partial charge in [0.2, 0.25) is 5.88 Å². The molecule has 0 radical (unpaired) electrons. The minimum atomic E-state index is 0.00997. The predicted molar refractivity (Wildman–Crippen MR) is 76.0 cm³/mol. The lowest BCUT2D eigenvalue weighted by atomic mass is 10.1. The molecule has 2 aromatic rings. The third kappa shape index (κ3) is 3.31. The number of rotatable bonds is 3. The lowest BCUT2D eigenvalue weighted by molar-refractivity contribution is 0.461. The Balaban J connectivity index is 2.35. The second-order valence-corrected chi connectivity index (χ2v) is 4.67. The van der Waals surface area contributed by atoms with Crippen molar-refractivity contribution in [2.45, 2.75) is 20.8 Å². The van der Waals surface area contributed by atoms with Gasteiger partial charge in [0.25, 0.3) is 0 Å². The highest BCUT2D eigenvalue weighted by Crippen LogP contribution is 2.23. The van der Waals surface area contributed by atoms with E-state index in [2.05, 4.69) is 11.1 Å². The maximum atomic E-state index is 7.47. The molecule has 4 nitrogen and oxygen atoms in total. The average Bonchev–Trinajstić information content (AvgIpc) is 2.26. The number of nitrogens with two attached hydrogens (primary N) is 1. The van der Waals surface area contributed by atoms with E-state index in [1.807, 2.05) is 32.9 Å². The topological polar surface area (TPSA) is 72.0 Å². The van der Waals surface area contributed by atoms with Gasteiger partial charge >= 0.3 is 0 Å². The van der Waals surface area contributed by atoms with E-state index in [1.54, 1.807) is 12.1 Å². The van der Waals surface area contributed by atoms with Gasteiger partial charge in [-0.25, -0.2) is 4.98 Å². The summed E-state index contributed by atoms with van der Waals surface area (Å²) in [5.74, 6) is 1.20. The molecule has 0 fully saturated rings. The Morgan fingerprint density at radius 3 is 2.26 bits per heavy atom. The van der Waals surface area contributed by atoms with Crippen molar-refractivity contribution in [3.05, 3.63) is 52.7 Å². The van der Waals surface area contributed by atoms with E-state index in [0.29, 0.717) is 11.4 Å². The highest BCUT2D eigenvalue weighted by molar-refractivity contribution is 5.95. The number of ether oxygens (including phenoxy) is 1. The van der Waals surface area contributed by atoms with Crippen LogP contribution in [0, 0.1) is 26.2 Å². The molecule has 0 bridgehead atoms. The van der Waals surface area contributed by atoms with Crippen molar-refractivity contribution in [2.75, 3.05) is 0 Å². The Hall–Kier alpha value is -2.36. The summed E-state index contributed by atoms with van der Waals surface area (Å²) in [4.78, 5) is 4.30. The summed E-state index contributed by atoms with van der Waals surface area (Å²) in [7, 11) is 0. The number of aryl methyl sites for hydroxylation is 3. The number of hydrogen-bond acceptors (Lipinski definition) is 3. The van der Waals surface area contributed by atoms with E-state index in [9.17, 15) is 0 Å². The van der Waals surface area contributed by atoms with Gasteiger partial charge < -0.3 is 10.5 Å². The van der Waals surface area contributed by atoms with E-state index in [0.717, 1.165) is 22.6 Å². The molecule has 1 aromatic carbocycles. The summed E-state index contributed by atoms with van der Waals surface area (Å²) in [5, 5.41) is 7.47. The van der Waals surface area contributed by atoms with Gasteiger partial charge in [0, 0.05) is 17.3 Å². The first kappa shape index (κ1) is 13.1. The van der Waals surface area contributed by atoms with Crippen LogP contribution in [0.15, 0.2) is 30.3 Å². The van der Waals surface area contributed by atoms with Crippen molar-refractivity contribution in [3.63, 3.8) is 0 Å². The van der Waals surface area contributed by atoms with Gasteiger partial charge in [-0.05, 0) is 50.1 Å². The van der Waals surface area contributed by atoms with Crippen molar-refractivity contribution in [1.29, 1.82) is 5.41 Å². The van der Waals surface area contributed by atoms with Crippen molar-refractivity contribution in [2.24, 2.45) is 5.73 Å². The summed E-state index contributed by atoms with van der Waals surface area (Å²) >= 11 is 0. The predicted octanol–water partition coefficient (Wildman–Crippen LogP) is 3.08. The number of nitrogens with one attached hydrogen (secondary N) is 1.